The van der Waals surface area contributed by atoms with Crippen LogP contribution in [-0.2, 0) is 29.6 Å². The number of halogens is 3. The Morgan fingerprint density at radius 2 is 1.22 bits per heavy atom. The van der Waals surface area contributed by atoms with Gasteiger partial charge in [0.2, 0.25) is 0 Å². The number of hydrogen-bond donors (Lipinski definition) is 0. The van der Waals surface area contributed by atoms with E-state index in [1.807, 2.05) is 0 Å². The SMILES string of the molecule is Cc1[cH-]c(C)c(C)c1C.O=S(=O)([O-])C(F)(F)F.[Ru+2]. The van der Waals surface area contributed by atoms with Crippen molar-refractivity contribution in [3.05, 3.63) is 28.3 Å². The molecule has 18 heavy (non-hydrogen) atoms. The molecule has 1 rings (SSSR count). The Hall–Kier alpha value is -0.327. The minimum atomic E-state index is -6.09. The monoisotopic (exact) mass is 372 g/mol. The summed E-state index contributed by atoms with van der Waals surface area (Å²) >= 11 is 0. The van der Waals surface area contributed by atoms with E-state index in [-0.39, 0.29) is 19.5 Å². The van der Waals surface area contributed by atoms with E-state index in [4.69, 9.17) is 13.0 Å². The van der Waals surface area contributed by atoms with Crippen molar-refractivity contribution in [2.45, 2.75) is 33.2 Å². The quantitative estimate of drug-likeness (QED) is 0.305. The molecule has 1 aromatic carbocycles. The first-order valence-electron chi connectivity index (χ1n) is 4.60. The summed E-state index contributed by atoms with van der Waals surface area (Å²) in [4.78, 5) is 0. The van der Waals surface area contributed by atoms with Crippen LogP contribution in [-0.4, -0.2) is 18.5 Å². The van der Waals surface area contributed by atoms with Gasteiger partial charge in [0.25, 0.3) is 0 Å². The van der Waals surface area contributed by atoms with Gasteiger partial charge in [-0.15, -0.1) is 0 Å². The number of alkyl halides is 3. The molecule has 0 aliphatic rings. The third kappa shape index (κ3) is 5.54. The van der Waals surface area contributed by atoms with Crippen LogP contribution in [0.15, 0.2) is 6.07 Å². The second-order valence-electron chi connectivity index (χ2n) is 3.66. The van der Waals surface area contributed by atoms with Crippen molar-refractivity contribution in [3.8, 4) is 0 Å². The van der Waals surface area contributed by atoms with E-state index in [2.05, 4.69) is 33.8 Å². The van der Waals surface area contributed by atoms with Crippen LogP contribution in [0.3, 0.4) is 0 Å². The summed E-state index contributed by atoms with van der Waals surface area (Å²) in [5.74, 6) is 0. The zero-order chi connectivity index (χ0) is 14.0. The average molecular weight is 371 g/mol. The van der Waals surface area contributed by atoms with Gasteiger partial charge in [-0.3, -0.25) is 0 Å². The topological polar surface area (TPSA) is 57.2 Å². The van der Waals surface area contributed by atoms with Gasteiger partial charge in [-0.2, -0.15) is 41.5 Å². The molecular formula is C10H13F3O3RuS. The molecule has 0 bridgehead atoms. The molecular weight excluding hydrogens is 358 g/mol. The third-order valence-electron chi connectivity index (χ3n) is 2.46. The maximum atomic E-state index is 10.7. The zero-order valence-electron chi connectivity index (χ0n) is 10.2. The smallest absolute Gasteiger partial charge is 0.741 e. The van der Waals surface area contributed by atoms with Crippen molar-refractivity contribution in [2.24, 2.45) is 0 Å². The van der Waals surface area contributed by atoms with E-state index >= 15 is 0 Å². The van der Waals surface area contributed by atoms with E-state index < -0.39 is 15.6 Å². The second-order valence-corrected chi connectivity index (χ2v) is 5.03. The van der Waals surface area contributed by atoms with Crippen LogP contribution >= 0.6 is 0 Å². The molecule has 0 radical (unpaired) electrons. The van der Waals surface area contributed by atoms with E-state index in [0.717, 1.165) is 0 Å². The fraction of sp³-hybridized carbons (Fsp3) is 0.500. The molecule has 0 saturated heterocycles. The Kier molecular flexibility index (Phi) is 7.48. The maximum absolute atomic E-state index is 10.7. The first-order valence-corrected chi connectivity index (χ1v) is 6.01. The van der Waals surface area contributed by atoms with Crippen LogP contribution in [0, 0.1) is 27.7 Å². The van der Waals surface area contributed by atoms with Crippen LogP contribution in [0.1, 0.15) is 22.3 Å². The molecule has 8 heteroatoms. The number of hydrogen-bond acceptors (Lipinski definition) is 3. The fourth-order valence-electron chi connectivity index (χ4n) is 1.13. The molecule has 1 aromatic rings. The van der Waals surface area contributed by atoms with Gasteiger partial charge < -0.3 is 4.55 Å². The molecule has 3 nitrogen and oxygen atoms in total. The largest absolute Gasteiger partial charge is 2.00 e. The van der Waals surface area contributed by atoms with Crippen LogP contribution in [0.2, 0.25) is 0 Å². The summed E-state index contributed by atoms with van der Waals surface area (Å²) in [6.45, 7) is 8.68. The molecule has 0 fully saturated rings. The Labute approximate surface area is 117 Å². The summed E-state index contributed by atoms with van der Waals surface area (Å²) < 4.78 is 58.9. The van der Waals surface area contributed by atoms with Crippen LogP contribution in [0.4, 0.5) is 13.2 Å². The molecule has 0 unspecified atom stereocenters. The van der Waals surface area contributed by atoms with E-state index in [0.29, 0.717) is 0 Å². The molecule has 0 aromatic heterocycles. The molecule has 0 aliphatic carbocycles. The van der Waals surface area contributed by atoms with E-state index in [9.17, 15) is 13.2 Å². The summed E-state index contributed by atoms with van der Waals surface area (Å²) in [6.07, 6.45) is 0. The van der Waals surface area contributed by atoms with Gasteiger partial charge in [0.05, 0.1) is 0 Å². The summed E-state index contributed by atoms with van der Waals surface area (Å²) in [5, 5.41) is 0. The van der Waals surface area contributed by atoms with Gasteiger partial charge in [-0.05, 0) is 0 Å². The van der Waals surface area contributed by atoms with Gasteiger partial charge in [-0.1, -0.05) is 27.7 Å². The minimum absolute atomic E-state index is 0. The van der Waals surface area contributed by atoms with Crippen LogP contribution in [0.25, 0.3) is 0 Å². The van der Waals surface area contributed by atoms with Crippen LogP contribution in [0.5, 0.6) is 0 Å². The average Bonchev–Trinajstić information content (AvgIpc) is 2.31. The summed E-state index contributed by atoms with van der Waals surface area (Å²) in [7, 11) is -6.09. The van der Waals surface area contributed by atoms with Gasteiger partial charge >= 0.3 is 25.0 Å². The van der Waals surface area contributed by atoms with Gasteiger partial charge in [-0.25, -0.2) is 8.42 Å². The molecule has 0 atom stereocenters. The molecule has 106 valence electrons. The summed E-state index contributed by atoms with van der Waals surface area (Å²) in [5.41, 5.74) is 0.0995. The van der Waals surface area contributed by atoms with E-state index in [1.54, 1.807) is 0 Å². The van der Waals surface area contributed by atoms with E-state index in [1.165, 1.54) is 22.3 Å². The standard InChI is InChI=1S/C9H13.CHF3O3S.Ru/c1-6-5-7(2)9(4)8(6)3;2-1(3,4)8(5,6)7;/h5H,1-4H3;(H,5,6,7);/q-1;;+2/p-1. The van der Waals surface area contributed by atoms with Crippen LogP contribution < -0.4 is 0 Å². The Morgan fingerprint density at radius 1 is 1.00 bits per heavy atom. The van der Waals surface area contributed by atoms with Crippen molar-refractivity contribution in [2.75, 3.05) is 0 Å². The first kappa shape index (κ1) is 20.0. The Bertz CT molecular complexity index is 467. The van der Waals surface area contributed by atoms with Crippen molar-refractivity contribution < 1.29 is 45.6 Å². The van der Waals surface area contributed by atoms with Gasteiger partial charge in [0, 0.05) is 0 Å². The fourth-order valence-corrected chi connectivity index (χ4v) is 1.13. The molecule has 0 spiro atoms. The molecule has 0 amide bonds. The van der Waals surface area contributed by atoms with Crippen molar-refractivity contribution in [3.63, 3.8) is 0 Å². The number of aryl methyl sites for hydroxylation is 2. The Balaban J connectivity index is 0. The third-order valence-corrected chi connectivity index (χ3v) is 3.03. The van der Waals surface area contributed by atoms with Gasteiger partial charge in [0.1, 0.15) is 0 Å². The van der Waals surface area contributed by atoms with Gasteiger partial charge in [0.15, 0.2) is 10.1 Å². The predicted octanol–water partition coefficient (Wildman–Crippen LogP) is 2.69. The van der Waals surface area contributed by atoms with Crippen molar-refractivity contribution in [1.82, 2.24) is 0 Å². The predicted molar refractivity (Wildman–Crippen MR) is 56.7 cm³/mol. The second kappa shape index (κ2) is 6.73. The first-order chi connectivity index (χ1) is 7.38. The molecule has 0 heterocycles. The van der Waals surface area contributed by atoms with Crippen molar-refractivity contribution >= 4 is 10.1 Å². The normalized spacial score (nSPS) is 11.3. The molecule has 0 saturated carbocycles. The summed E-state index contributed by atoms with van der Waals surface area (Å²) in [6, 6.07) is 2.24. The maximum Gasteiger partial charge on any atom is 2.00 e. The molecule has 0 aliphatic heterocycles. The molecule has 0 N–H and O–H groups in total. The Morgan fingerprint density at radius 3 is 1.28 bits per heavy atom. The zero-order valence-corrected chi connectivity index (χ0v) is 12.8. The minimum Gasteiger partial charge on any atom is -0.741 e. The number of rotatable bonds is 0. The van der Waals surface area contributed by atoms with Crippen molar-refractivity contribution in [1.29, 1.82) is 0 Å².